The summed E-state index contributed by atoms with van der Waals surface area (Å²) in [7, 11) is 0. The van der Waals surface area contributed by atoms with Gasteiger partial charge in [0.2, 0.25) is 11.8 Å². The zero-order chi connectivity index (χ0) is 23.7. The van der Waals surface area contributed by atoms with Crippen LogP contribution in [0.25, 0.3) is 0 Å². The smallest absolute Gasteiger partial charge is 0.255 e. The molecule has 0 aliphatic carbocycles. The van der Waals surface area contributed by atoms with Crippen LogP contribution in [-0.2, 0) is 34.0 Å². The number of carbonyl (C=O) groups is 3. The monoisotopic (exact) mass is 466 g/mol. The van der Waals surface area contributed by atoms with E-state index in [9.17, 15) is 18.8 Å². The van der Waals surface area contributed by atoms with Crippen LogP contribution >= 0.6 is 0 Å². The number of anilines is 1. The highest BCUT2D eigenvalue weighted by Gasteiger charge is 2.39. The van der Waals surface area contributed by atoms with Crippen LogP contribution in [0, 0.1) is 5.82 Å². The molecule has 0 radical (unpaired) electrons. The van der Waals surface area contributed by atoms with Gasteiger partial charge in [-0.1, -0.05) is 18.2 Å². The highest BCUT2D eigenvalue weighted by atomic mass is 19.1. The summed E-state index contributed by atoms with van der Waals surface area (Å²) < 4.78 is 20.2. The van der Waals surface area contributed by atoms with Gasteiger partial charge in [-0.25, -0.2) is 4.39 Å². The first-order valence-corrected chi connectivity index (χ1v) is 11.6. The number of imide groups is 1. The Labute approximate surface area is 197 Å². The van der Waals surface area contributed by atoms with E-state index in [4.69, 9.17) is 4.74 Å². The molecule has 34 heavy (non-hydrogen) atoms. The average molecular weight is 467 g/mol. The first-order chi connectivity index (χ1) is 16.5. The number of fused-ring (bicyclic) bond motifs is 1. The van der Waals surface area contributed by atoms with Gasteiger partial charge >= 0.3 is 0 Å². The van der Waals surface area contributed by atoms with Crippen LogP contribution in [-0.4, -0.2) is 59.9 Å². The minimum atomic E-state index is -0.665. The lowest BCUT2D eigenvalue weighted by Crippen LogP contribution is -2.52. The Kier molecular flexibility index (Phi) is 6.30. The minimum absolute atomic E-state index is 0.211. The Morgan fingerprint density at radius 1 is 1.12 bits per heavy atom. The predicted molar refractivity (Wildman–Crippen MR) is 122 cm³/mol. The molecule has 5 rings (SSSR count). The summed E-state index contributed by atoms with van der Waals surface area (Å²) in [6.07, 6.45) is 0.525. The van der Waals surface area contributed by atoms with E-state index in [1.165, 1.54) is 4.90 Å². The number of hydrogen-bond donors (Lipinski definition) is 2. The number of hydrogen-bond acceptors (Lipinski definition) is 6. The molecule has 0 saturated carbocycles. The Balaban J connectivity index is 1.26. The average Bonchev–Trinajstić information content (AvgIpc) is 3.16. The summed E-state index contributed by atoms with van der Waals surface area (Å²) in [5, 5.41) is 5.58. The van der Waals surface area contributed by atoms with Gasteiger partial charge in [-0.15, -0.1) is 0 Å². The van der Waals surface area contributed by atoms with E-state index in [2.05, 4.69) is 15.5 Å². The topological polar surface area (TPSA) is 91.0 Å². The lowest BCUT2D eigenvalue weighted by Gasteiger charge is -2.29. The molecule has 9 heteroatoms. The van der Waals surface area contributed by atoms with E-state index in [0.717, 1.165) is 29.9 Å². The van der Waals surface area contributed by atoms with Crippen molar-refractivity contribution in [1.82, 2.24) is 15.1 Å². The Morgan fingerprint density at radius 3 is 2.71 bits per heavy atom. The van der Waals surface area contributed by atoms with Crippen molar-refractivity contribution in [3.63, 3.8) is 0 Å². The molecular weight excluding hydrogens is 439 g/mol. The largest absolute Gasteiger partial charge is 0.381 e. The van der Waals surface area contributed by atoms with E-state index < -0.39 is 11.9 Å². The second kappa shape index (κ2) is 9.52. The molecule has 0 bridgehead atoms. The van der Waals surface area contributed by atoms with Crippen LogP contribution in [0.5, 0.6) is 0 Å². The van der Waals surface area contributed by atoms with Crippen molar-refractivity contribution >= 4 is 23.4 Å². The van der Waals surface area contributed by atoms with E-state index in [0.29, 0.717) is 37.3 Å². The molecule has 0 spiro atoms. The first-order valence-electron chi connectivity index (χ1n) is 11.6. The lowest BCUT2D eigenvalue weighted by molar-refractivity contribution is -0.136. The second-order valence-electron chi connectivity index (χ2n) is 8.90. The van der Waals surface area contributed by atoms with Gasteiger partial charge in [-0.3, -0.25) is 24.6 Å². The first kappa shape index (κ1) is 22.5. The number of rotatable bonds is 6. The summed E-state index contributed by atoms with van der Waals surface area (Å²) in [5.74, 6) is -1.25. The predicted octanol–water partition coefficient (Wildman–Crippen LogP) is 2.03. The molecule has 1 unspecified atom stereocenters. The Bertz CT molecular complexity index is 1130. The SMILES string of the molecule is O=C1CCC(N2Cc3c(NCc4ccc(CN5CCOCC5)cc4F)cccc3C2=O)C(=O)N1. The maximum absolute atomic E-state index is 14.8. The van der Waals surface area contributed by atoms with Crippen LogP contribution < -0.4 is 10.6 Å². The van der Waals surface area contributed by atoms with Gasteiger partial charge in [0.15, 0.2) is 0 Å². The summed E-state index contributed by atoms with van der Waals surface area (Å²) >= 11 is 0. The highest BCUT2D eigenvalue weighted by Crippen LogP contribution is 2.32. The summed E-state index contributed by atoms with van der Waals surface area (Å²) in [5.41, 5.74) is 3.50. The molecule has 0 aromatic heterocycles. The highest BCUT2D eigenvalue weighted by molar-refractivity contribution is 6.06. The molecular formula is C25H27FN4O4. The van der Waals surface area contributed by atoms with Gasteiger partial charge in [0.05, 0.1) is 13.2 Å². The number of amides is 3. The normalized spacial score (nSPS) is 20.9. The van der Waals surface area contributed by atoms with Crippen molar-refractivity contribution < 1.29 is 23.5 Å². The fraction of sp³-hybridized carbons (Fsp3) is 0.400. The zero-order valence-electron chi connectivity index (χ0n) is 18.8. The van der Waals surface area contributed by atoms with Crippen molar-refractivity contribution in [2.45, 2.75) is 38.5 Å². The van der Waals surface area contributed by atoms with Crippen molar-refractivity contribution in [3.8, 4) is 0 Å². The third-order valence-corrected chi connectivity index (χ3v) is 6.68. The summed E-state index contributed by atoms with van der Waals surface area (Å²) in [6, 6.07) is 10.0. The lowest BCUT2D eigenvalue weighted by atomic mass is 10.0. The Hall–Kier alpha value is -3.30. The van der Waals surface area contributed by atoms with E-state index >= 15 is 0 Å². The van der Waals surface area contributed by atoms with Crippen LogP contribution in [0.4, 0.5) is 10.1 Å². The Morgan fingerprint density at radius 2 is 1.94 bits per heavy atom. The standard InChI is InChI=1S/C25H27FN4O4/c26-20-12-16(14-29-8-10-34-11-9-29)4-5-17(20)13-27-21-3-1-2-18-19(21)15-30(25(18)33)22-6-7-23(31)28-24(22)32/h1-5,12,22,27H,6-11,13-15H2,(H,28,31,32). The van der Waals surface area contributed by atoms with E-state index in [1.54, 1.807) is 24.3 Å². The van der Waals surface area contributed by atoms with Crippen molar-refractivity contribution in [3.05, 3.63) is 64.5 Å². The van der Waals surface area contributed by atoms with Crippen LogP contribution in [0.1, 0.15) is 39.9 Å². The third-order valence-electron chi connectivity index (χ3n) is 6.68. The molecule has 2 saturated heterocycles. The number of ether oxygens (including phenoxy) is 1. The maximum Gasteiger partial charge on any atom is 0.255 e. The molecule has 2 fully saturated rings. The summed E-state index contributed by atoms with van der Waals surface area (Å²) in [4.78, 5) is 40.5. The van der Waals surface area contributed by atoms with Crippen molar-refractivity contribution in [2.24, 2.45) is 0 Å². The molecule has 3 amide bonds. The molecule has 1 atom stereocenters. The summed E-state index contributed by atoms with van der Waals surface area (Å²) in [6.45, 7) is 4.33. The third kappa shape index (κ3) is 4.53. The number of morpholine rings is 1. The number of nitrogens with zero attached hydrogens (tertiary/aromatic N) is 2. The van der Waals surface area contributed by atoms with Gasteiger partial charge in [0, 0.05) is 61.5 Å². The molecule has 3 aliphatic rings. The van der Waals surface area contributed by atoms with Crippen molar-refractivity contribution in [2.75, 3.05) is 31.6 Å². The van der Waals surface area contributed by atoms with Crippen LogP contribution in [0.2, 0.25) is 0 Å². The quantitative estimate of drug-likeness (QED) is 0.634. The van der Waals surface area contributed by atoms with Gasteiger partial charge in [-0.2, -0.15) is 0 Å². The number of nitrogens with one attached hydrogen (secondary N) is 2. The molecule has 178 valence electrons. The van der Waals surface area contributed by atoms with Crippen LogP contribution in [0.15, 0.2) is 36.4 Å². The fourth-order valence-electron chi connectivity index (χ4n) is 4.79. The van der Waals surface area contributed by atoms with E-state index in [1.807, 2.05) is 12.1 Å². The van der Waals surface area contributed by atoms with Crippen LogP contribution in [0.3, 0.4) is 0 Å². The van der Waals surface area contributed by atoms with E-state index in [-0.39, 0.29) is 37.1 Å². The van der Waals surface area contributed by atoms with Gasteiger partial charge in [0.25, 0.3) is 5.91 Å². The molecule has 3 aliphatic heterocycles. The minimum Gasteiger partial charge on any atom is -0.381 e. The van der Waals surface area contributed by atoms with Gasteiger partial charge < -0.3 is 15.0 Å². The molecule has 2 N–H and O–H groups in total. The molecule has 3 heterocycles. The number of benzene rings is 2. The van der Waals surface area contributed by atoms with Gasteiger partial charge in [0.1, 0.15) is 11.9 Å². The fourth-order valence-corrected chi connectivity index (χ4v) is 4.79. The van der Waals surface area contributed by atoms with Crippen molar-refractivity contribution in [1.29, 1.82) is 0 Å². The number of piperidine rings is 1. The molecule has 2 aromatic carbocycles. The number of halogens is 1. The number of carbonyl (C=O) groups excluding carboxylic acids is 3. The second-order valence-corrected chi connectivity index (χ2v) is 8.90. The van der Waals surface area contributed by atoms with Gasteiger partial charge in [-0.05, 0) is 30.2 Å². The zero-order valence-corrected chi connectivity index (χ0v) is 18.8. The molecule has 8 nitrogen and oxygen atoms in total. The maximum atomic E-state index is 14.8. The molecule has 2 aromatic rings.